The van der Waals surface area contributed by atoms with E-state index in [1.165, 1.54) is 12.1 Å². The Hall–Kier alpha value is -3.78. The predicted octanol–water partition coefficient (Wildman–Crippen LogP) is 7.27. The molecule has 4 aromatic carbocycles. The van der Waals surface area contributed by atoms with Gasteiger partial charge in [-0.05, 0) is 58.3 Å². The number of carbonyl (C=O) groups excluding carboxylic acids is 1. The molecule has 0 unspecified atom stereocenters. The van der Waals surface area contributed by atoms with Crippen LogP contribution in [0.1, 0.15) is 11.1 Å². The van der Waals surface area contributed by atoms with Crippen molar-refractivity contribution in [2.45, 2.75) is 6.61 Å². The van der Waals surface area contributed by atoms with Crippen LogP contribution in [0.25, 0.3) is 16.8 Å². The number of nitriles is 1. The van der Waals surface area contributed by atoms with Crippen LogP contribution in [0.2, 0.25) is 10.0 Å². The first-order chi connectivity index (χ1) is 16.0. The van der Waals surface area contributed by atoms with E-state index >= 15 is 0 Å². The van der Waals surface area contributed by atoms with Gasteiger partial charge in [-0.15, -0.1) is 0 Å². The van der Waals surface area contributed by atoms with Crippen LogP contribution in [0.4, 0.5) is 5.69 Å². The summed E-state index contributed by atoms with van der Waals surface area (Å²) in [6.07, 6.45) is 1.51. The van der Waals surface area contributed by atoms with Gasteiger partial charge >= 0.3 is 0 Å². The summed E-state index contributed by atoms with van der Waals surface area (Å²) in [6.45, 7) is 0.400. The zero-order chi connectivity index (χ0) is 23.2. The molecular weight excluding hydrogens is 455 g/mol. The number of anilines is 1. The fourth-order valence-electron chi connectivity index (χ4n) is 3.36. The number of hydrogen-bond donors (Lipinski definition) is 1. The summed E-state index contributed by atoms with van der Waals surface area (Å²) in [5.41, 5.74) is 2.15. The molecule has 0 spiro atoms. The Labute approximate surface area is 201 Å². The zero-order valence-electron chi connectivity index (χ0n) is 17.4. The normalized spacial score (nSPS) is 11.1. The third-order valence-electron chi connectivity index (χ3n) is 4.99. The second-order valence-electron chi connectivity index (χ2n) is 7.25. The molecule has 0 aliphatic heterocycles. The number of halogens is 2. The van der Waals surface area contributed by atoms with Crippen LogP contribution >= 0.6 is 23.2 Å². The molecule has 4 rings (SSSR count). The standard InChI is InChI=1S/C27H18Cl2N2O2/c28-25-12-11-22(15-26(25)29)31-27(32)21(16-30)13-18-5-3-9-23(14-18)33-17-20-8-4-7-19-6-1-2-10-24(19)20/h1-15H,17H2,(H,31,32)/b21-13-. The number of ether oxygens (including phenoxy) is 1. The Morgan fingerprint density at radius 1 is 0.939 bits per heavy atom. The molecule has 0 aliphatic rings. The molecule has 1 amide bonds. The smallest absolute Gasteiger partial charge is 0.266 e. The number of nitrogens with zero attached hydrogens (tertiary/aromatic N) is 1. The Bertz CT molecular complexity index is 1400. The van der Waals surface area contributed by atoms with Crippen molar-refractivity contribution in [3.05, 3.63) is 112 Å². The van der Waals surface area contributed by atoms with Gasteiger partial charge in [0.05, 0.1) is 10.0 Å². The van der Waals surface area contributed by atoms with Crippen LogP contribution < -0.4 is 10.1 Å². The molecule has 4 aromatic rings. The number of nitrogens with one attached hydrogen (secondary N) is 1. The quantitative estimate of drug-likeness (QED) is 0.237. The van der Waals surface area contributed by atoms with Gasteiger partial charge < -0.3 is 10.1 Å². The molecule has 6 heteroatoms. The molecule has 0 fully saturated rings. The van der Waals surface area contributed by atoms with E-state index < -0.39 is 5.91 Å². The molecule has 33 heavy (non-hydrogen) atoms. The minimum atomic E-state index is -0.544. The summed E-state index contributed by atoms with van der Waals surface area (Å²) < 4.78 is 6.00. The lowest BCUT2D eigenvalue weighted by molar-refractivity contribution is -0.112. The maximum Gasteiger partial charge on any atom is 0.266 e. The van der Waals surface area contributed by atoms with E-state index in [-0.39, 0.29) is 5.57 Å². The Kier molecular flexibility index (Phi) is 6.95. The lowest BCUT2D eigenvalue weighted by Crippen LogP contribution is -2.13. The van der Waals surface area contributed by atoms with Crippen molar-refractivity contribution in [3.63, 3.8) is 0 Å². The number of amides is 1. The highest BCUT2D eigenvalue weighted by molar-refractivity contribution is 6.42. The minimum Gasteiger partial charge on any atom is -0.489 e. The average molecular weight is 473 g/mol. The minimum absolute atomic E-state index is 0.0488. The van der Waals surface area contributed by atoms with Crippen LogP contribution in [-0.2, 0) is 11.4 Å². The van der Waals surface area contributed by atoms with Crippen LogP contribution in [-0.4, -0.2) is 5.91 Å². The van der Waals surface area contributed by atoms with Crippen LogP contribution in [0.3, 0.4) is 0 Å². The molecule has 0 aromatic heterocycles. The van der Waals surface area contributed by atoms with Gasteiger partial charge in [0.2, 0.25) is 0 Å². The molecule has 0 saturated heterocycles. The van der Waals surface area contributed by atoms with E-state index in [1.54, 1.807) is 24.3 Å². The summed E-state index contributed by atoms with van der Waals surface area (Å²) in [4.78, 5) is 12.6. The zero-order valence-corrected chi connectivity index (χ0v) is 18.9. The van der Waals surface area contributed by atoms with Gasteiger partial charge in [-0.1, -0.05) is 77.8 Å². The van der Waals surface area contributed by atoms with E-state index in [4.69, 9.17) is 27.9 Å². The van der Waals surface area contributed by atoms with Crippen molar-refractivity contribution in [2.24, 2.45) is 0 Å². The lowest BCUT2D eigenvalue weighted by atomic mass is 10.1. The molecule has 0 heterocycles. The largest absolute Gasteiger partial charge is 0.489 e. The number of rotatable bonds is 6. The molecule has 0 aliphatic carbocycles. The summed E-state index contributed by atoms with van der Waals surface area (Å²) in [5.74, 6) is 0.0943. The van der Waals surface area contributed by atoms with Crippen molar-refractivity contribution in [2.75, 3.05) is 5.32 Å². The van der Waals surface area contributed by atoms with E-state index in [0.29, 0.717) is 33.7 Å². The molecule has 4 nitrogen and oxygen atoms in total. The van der Waals surface area contributed by atoms with Crippen molar-refractivity contribution < 1.29 is 9.53 Å². The van der Waals surface area contributed by atoms with Crippen LogP contribution in [0, 0.1) is 11.3 Å². The van der Waals surface area contributed by atoms with Gasteiger partial charge in [-0.2, -0.15) is 5.26 Å². The Morgan fingerprint density at radius 2 is 1.73 bits per heavy atom. The van der Waals surface area contributed by atoms with Gasteiger partial charge in [0.1, 0.15) is 24.0 Å². The molecule has 162 valence electrons. The summed E-state index contributed by atoms with van der Waals surface area (Å²) in [6, 6.07) is 28.2. The third-order valence-corrected chi connectivity index (χ3v) is 5.72. The summed E-state index contributed by atoms with van der Waals surface area (Å²) >= 11 is 11.9. The molecule has 0 saturated carbocycles. The fraction of sp³-hybridized carbons (Fsp3) is 0.0370. The molecular formula is C27H18Cl2N2O2. The number of fused-ring (bicyclic) bond motifs is 1. The number of hydrogen-bond acceptors (Lipinski definition) is 3. The van der Waals surface area contributed by atoms with Gasteiger partial charge in [-0.3, -0.25) is 4.79 Å². The fourth-order valence-corrected chi connectivity index (χ4v) is 3.66. The lowest BCUT2D eigenvalue weighted by Gasteiger charge is -2.10. The van der Waals surface area contributed by atoms with Crippen molar-refractivity contribution in [1.82, 2.24) is 0 Å². The average Bonchev–Trinajstić information content (AvgIpc) is 2.83. The first-order valence-corrected chi connectivity index (χ1v) is 10.9. The van der Waals surface area contributed by atoms with Gasteiger partial charge in [-0.25, -0.2) is 0 Å². The maximum absolute atomic E-state index is 12.6. The Balaban J connectivity index is 1.49. The molecule has 0 radical (unpaired) electrons. The highest BCUT2D eigenvalue weighted by Crippen LogP contribution is 2.26. The van der Waals surface area contributed by atoms with E-state index in [2.05, 4.69) is 23.5 Å². The van der Waals surface area contributed by atoms with Gasteiger partial charge in [0.15, 0.2) is 0 Å². The first-order valence-electron chi connectivity index (χ1n) is 10.1. The molecule has 1 N–H and O–H groups in total. The van der Waals surface area contributed by atoms with E-state index in [0.717, 1.165) is 16.3 Å². The topological polar surface area (TPSA) is 62.1 Å². The Morgan fingerprint density at radius 3 is 2.55 bits per heavy atom. The second-order valence-corrected chi connectivity index (χ2v) is 8.07. The monoisotopic (exact) mass is 472 g/mol. The molecule has 0 atom stereocenters. The molecule has 0 bridgehead atoms. The maximum atomic E-state index is 12.6. The highest BCUT2D eigenvalue weighted by atomic mass is 35.5. The summed E-state index contributed by atoms with van der Waals surface area (Å²) in [7, 11) is 0. The number of benzene rings is 4. The predicted molar refractivity (Wildman–Crippen MR) is 133 cm³/mol. The highest BCUT2D eigenvalue weighted by Gasteiger charge is 2.11. The van der Waals surface area contributed by atoms with E-state index in [9.17, 15) is 10.1 Å². The summed E-state index contributed by atoms with van der Waals surface area (Å²) in [5, 5.41) is 15.1. The number of carbonyl (C=O) groups is 1. The third kappa shape index (κ3) is 5.53. The second kappa shape index (κ2) is 10.2. The van der Waals surface area contributed by atoms with Crippen molar-refractivity contribution >= 4 is 51.6 Å². The van der Waals surface area contributed by atoms with Crippen LogP contribution in [0.5, 0.6) is 5.75 Å². The van der Waals surface area contributed by atoms with Crippen molar-refractivity contribution in [1.29, 1.82) is 5.26 Å². The SMILES string of the molecule is N#C/C(=C/c1cccc(OCc2cccc3ccccc23)c1)C(=O)Nc1ccc(Cl)c(Cl)c1. The van der Waals surface area contributed by atoms with Gasteiger partial charge in [0.25, 0.3) is 5.91 Å². The first kappa shape index (κ1) is 22.4. The van der Waals surface area contributed by atoms with Gasteiger partial charge in [0, 0.05) is 5.69 Å². The van der Waals surface area contributed by atoms with Crippen LogP contribution in [0.15, 0.2) is 90.5 Å². The van der Waals surface area contributed by atoms with E-state index in [1.807, 2.05) is 42.5 Å². The van der Waals surface area contributed by atoms with Crippen molar-refractivity contribution in [3.8, 4) is 11.8 Å².